The number of fused-ring (bicyclic) bond motifs is 1. The van der Waals surface area contributed by atoms with Crippen molar-refractivity contribution in [3.05, 3.63) is 53.9 Å². The SMILES string of the molecule is CC=CCOc1ccc2c(F)c(C3CCC(CCC4CCC(CC)CC4)CC3)ccc2c1. The largest absolute Gasteiger partial charge is 0.490 e. The zero-order valence-electron chi connectivity index (χ0n) is 20.1. The molecule has 0 saturated heterocycles. The van der Waals surface area contributed by atoms with E-state index in [0.29, 0.717) is 12.5 Å². The fraction of sp³-hybridized carbons (Fsp3) is 0.600. The molecule has 0 atom stereocenters. The Hall–Kier alpha value is -1.83. The van der Waals surface area contributed by atoms with Crippen LogP contribution in [0, 0.1) is 23.6 Å². The van der Waals surface area contributed by atoms with Crippen molar-refractivity contribution in [2.75, 3.05) is 6.61 Å². The molecule has 0 heterocycles. The van der Waals surface area contributed by atoms with Crippen LogP contribution in [0.2, 0.25) is 0 Å². The molecule has 174 valence electrons. The molecular formula is C30H41FO. The first-order chi connectivity index (χ1) is 15.7. The molecule has 4 rings (SSSR count). The average Bonchev–Trinajstić information content (AvgIpc) is 2.84. The third kappa shape index (κ3) is 5.74. The Morgan fingerprint density at radius 1 is 0.875 bits per heavy atom. The summed E-state index contributed by atoms with van der Waals surface area (Å²) in [6.45, 7) is 4.87. The maximum Gasteiger partial charge on any atom is 0.134 e. The highest BCUT2D eigenvalue weighted by Crippen LogP contribution is 2.41. The molecule has 2 aliphatic rings. The lowest BCUT2D eigenvalue weighted by Crippen LogP contribution is -2.18. The molecule has 2 aliphatic carbocycles. The third-order valence-corrected chi connectivity index (χ3v) is 8.35. The molecule has 2 aromatic rings. The highest BCUT2D eigenvalue weighted by atomic mass is 19.1. The molecule has 0 amide bonds. The van der Waals surface area contributed by atoms with E-state index in [1.54, 1.807) is 0 Å². The standard InChI is InChI=1S/C30H41FO/c1-3-5-20-32-27-17-19-29-26(21-27)16-18-28(30(29)31)25-14-12-24(13-15-25)11-10-23-8-6-22(4-2)7-9-23/h3,5,16-19,21-25H,4,6-15,20H2,1-2H3. The Balaban J connectivity index is 1.30. The molecule has 2 heteroatoms. The van der Waals surface area contributed by atoms with Gasteiger partial charge in [0.1, 0.15) is 18.2 Å². The van der Waals surface area contributed by atoms with Gasteiger partial charge in [0.05, 0.1) is 0 Å². The number of benzene rings is 2. The Kier molecular flexibility index (Phi) is 8.27. The minimum Gasteiger partial charge on any atom is -0.490 e. The fourth-order valence-electron chi connectivity index (χ4n) is 6.09. The Morgan fingerprint density at radius 2 is 1.53 bits per heavy atom. The summed E-state index contributed by atoms with van der Waals surface area (Å²) in [6, 6.07) is 9.85. The summed E-state index contributed by atoms with van der Waals surface area (Å²) in [4.78, 5) is 0. The van der Waals surface area contributed by atoms with Gasteiger partial charge in [0, 0.05) is 5.39 Å². The van der Waals surface area contributed by atoms with Crippen molar-refractivity contribution in [3.8, 4) is 5.75 Å². The summed E-state index contributed by atoms with van der Waals surface area (Å²) in [6.07, 6.45) is 18.8. The molecule has 1 nitrogen and oxygen atoms in total. The molecule has 0 bridgehead atoms. The summed E-state index contributed by atoms with van der Waals surface area (Å²) >= 11 is 0. The molecule has 2 saturated carbocycles. The van der Waals surface area contributed by atoms with E-state index in [4.69, 9.17) is 4.74 Å². The number of rotatable bonds is 8. The van der Waals surface area contributed by atoms with Crippen molar-refractivity contribution in [3.63, 3.8) is 0 Å². The molecule has 2 aromatic carbocycles. The lowest BCUT2D eigenvalue weighted by atomic mass is 9.74. The van der Waals surface area contributed by atoms with E-state index in [2.05, 4.69) is 13.0 Å². The molecule has 0 radical (unpaired) electrons. The maximum absolute atomic E-state index is 15.4. The van der Waals surface area contributed by atoms with Gasteiger partial charge in [0.15, 0.2) is 0 Å². The number of halogens is 1. The van der Waals surface area contributed by atoms with Gasteiger partial charge < -0.3 is 4.74 Å². The lowest BCUT2D eigenvalue weighted by molar-refractivity contribution is 0.227. The molecule has 0 aliphatic heterocycles. The van der Waals surface area contributed by atoms with Crippen LogP contribution in [0.1, 0.15) is 96.0 Å². The number of hydrogen-bond acceptors (Lipinski definition) is 1. The van der Waals surface area contributed by atoms with E-state index in [-0.39, 0.29) is 5.82 Å². The van der Waals surface area contributed by atoms with Crippen molar-refractivity contribution >= 4 is 10.8 Å². The normalized spacial score (nSPS) is 26.6. The van der Waals surface area contributed by atoms with E-state index >= 15 is 4.39 Å². The molecule has 32 heavy (non-hydrogen) atoms. The maximum atomic E-state index is 15.4. The minimum absolute atomic E-state index is 0.0152. The molecule has 0 N–H and O–H groups in total. The second-order valence-corrected chi connectivity index (χ2v) is 10.3. The van der Waals surface area contributed by atoms with Gasteiger partial charge in [-0.2, -0.15) is 0 Å². The van der Waals surface area contributed by atoms with Crippen LogP contribution in [-0.4, -0.2) is 6.61 Å². The van der Waals surface area contributed by atoms with Crippen molar-refractivity contribution in [2.45, 2.75) is 90.4 Å². The first-order valence-corrected chi connectivity index (χ1v) is 13.1. The second kappa shape index (κ2) is 11.3. The lowest BCUT2D eigenvalue weighted by Gasteiger charge is -2.32. The topological polar surface area (TPSA) is 9.23 Å². The van der Waals surface area contributed by atoms with E-state index < -0.39 is 0 Å². The summed E-state index contributed by atoms with van der Waals surface area (Å²) in [5.41, 5.74) is 0.927. The Morgan fingerprint density at radius 3 is 2.19 bits per heavy atom. The molecule has 0 aromatic heterocycles. The monoisotopic (exact) mass is 436 g/mol. The van der Waals surface area contributed by atoms with Gasteiger partial charge in [-0.05, 0) is 85.4 Å². The van der Waals surface area contributed by atoms with Crippen molar-refractivity contribution in [1.29, 1.82) is 0 Å². The van der Waals surface area contributed by atoms with Crippen molar-refractivity contribution in [2.24, 2.45) is 17.8 Å². The Labute approximate surface area is 194 Å². The van der Waals surface area contributed by atoms with Crippen LogP contribution in [0.5, 0.6) is 5.75 Å². The van der Waals surface area contributed by atoms with Gasteiger partial charge in [-0.3, -0.25) is 0 Å². The molecule has 0 unspecified atom stereocenters. The van der Waals surface area contributed by atoms with Crippen LogP contribution in [0.25, 0.3) is 10.8 Å². The van der Waals surface area contributed by atoms with Crippen LogP contribution in [0.15, 0.2) is 42.5 Å². The zero-order chi connectivity index (χ0) is 22.3. The van der Waals surface area contributed by atoms with Crippen LogP contribution in [0.3, 0.4) is 0 Å². The van der Waals surface area contributed by atoms with Crippen LogP contribution in [-0.2, 0) is 0 Å². The van der Waals surface area contributed by atoms with Gasteiger partial charge in [-0.25, -0.2) is 4.39 Å². The van der Waals surface area contributed by atoms with Crippen LogP contribution >= 0.6 is 0 Å². The van der Waals surface area contributed by atoms with Crippen molar-refractivity contribution < 1.29 is 9.13 Å². The summed E-state index contributed by atoms with van der Waals surface area (Å²) in [5, 5.41) is 1.65. The van der Waals surface area contributed by atoms with Gasteiger partial charge in [-0.15, -0.1) is 0 Å². The number of ether oxygens (including phenoxy) is 1. The highest BCUT2D eigenvalue weighted by molar-refractivity contribution is 5.85. The van der Waals surface area contributed by atoms with Gasteiger partial charge in [0.25, 0.3) is 0 Å². The number of hydrogen-bond donors (Lipinski definition) is 0. The highest BCUT2D eigenvalue weighted by Gasteiger charge is 2.26. The average molecular weight is 437 g/mol. The Bertz CT molecular complexity index is 885. The summed E-state index contributed by atoms with van der Waals surface area (Å²) < 4.78 is 21.1. The second-order valence-electron chi connectivity index (χ2n) is 10.3. The first-order valence-electron chi connectivity index (χ1n) is 13.1. The summed E-state index contributed by atoms with van der Waals surface area (Å²) in [5.74, 6) is 3.98. The molecule has 0 spiro atoms. The fourth-order valence-corrected chi connectivity index (χ4v) is 6.09. The van der Waals surface area contributed by atoms with Crippen molar-refractivity contribution in [1.82, 2.24) is 0 Å². The first kappa shape index (κ1) is 23.3. The summed E-state index contributed by atoms with van der Waals surface area (Å²) in [7, 11) is 0. The molecule has 2 fully saturated rings. The minimum atomic E-state index is -0.0152. The number of allylic oxidation sites excluding steroid dienone is 1. The van der Waals surface area contributed by atoms with E-state index in [9.17, 15) is 0 Å². The van der Waals surface area contributed by atoms with E-state index in [0.717, 1.165) is 52.7 Å². The van der Waals surface area contributed by atoms with Gasteiger partial charge >= 0.3 is 0 Å². The van der Waals surface area contributed by atoms with Crippen LogP contribution < -0.4 is 4.74 Å². The van der Waals surface area contributed by atoms with Gasteiger partial charge in [0.2, 0.25) is 0 Å². The van der Waals surface area contributed by atoms with Gasteiger partial charge in [-0.1, -0.05) is 76.2 Å². The molecular weight excluding hydrogens is 395 g/mol. The van der Waals surface area contributed by atoms with E-state index in [1.807, 2.05) is 43.3 Å². The van der Waals surface area contributed by atoms with Crippen LogP contribution in [0.4, 0.5) is 4.39 Å². The quantitative estimate of drug-likeness (QED) is 0.375. The predicted octanol–water partition coefficient (Wildman–Crippen LogP) is 9.20. The predicted molar refractivity (Wildman–Crippen MR) is 134 cm³/mol. The smallest absolute Gasteiger partial charge is 0.134 e. The third-order valence-electron chi connectivity index (χ3n) is 8.35. The zero-order valence-corrected chi connectivity index (χ0v) is 20.1. The van der Waals surface area contributed by atoms with E-state index in [1.165, 1.54) is 57.8 Å².